The van der Waals surface area contributed by atoms with Crippen molar-refractivity contribution in [1.82, 2.24) is 9.97 Å². The van der Waals surface area contributed by atoms with Gasteiger partial charge in [0.15, 0.2) is 0 Å². The monoisotopic (exact) mass is 492 g/mol. The molecular formula is C28H29FN2O5. The highest BCUT2D eigenvalue weighted by atomic mass is 19.1. The third-order valence-electron chi connectivity index (χ3n) is 7.02. The molecule has 188 valence electrons. The summed E-state index contributed by atoms with van der Waals surface area (Å²) in [7, 11) is 0. The van der Waals surface area contributed by atoms with Crippen LogP contribution in [0.5, 0.6) is 11.8 Å². The molecule has 36 heavy (non-hydrogen) atoms. The maximum atomic E-state index is 14.6. The van der Waals surface area contributed by atoms with E-state index in [0.29, 0.717) is 36.8 Å². The van der Waals surface area contributed by atoms with Gasteiger partial charge in [0.05, 0.1) is 18.1 Å². The molecule has 5 rings (SSSR count). The summed E-state index contributed by atoms with van der Waals surface area (Å²) in [4.78, 5) is 20.1. The summed E-state index contributed by atoms with van der Waals surface area (Å²) in [6.45, 7) is 5.69. The van der Waals surface area contributed by atoms with Gasteiger partial charge in [-0.2, -0.15) is 0 Å². The summed E-state index contributed by atoms with van der Waals surface area (Å²) >= 11 is 0. The number of rotatable bonds is 9. The Morgan fingerprint density at radius 1 is 1.17 bits per heavy atom. The second-order valence-corrected chi connectivity index (χ2v) is 10.3. The molecule has 0 aliphatic heterocycles. The van der Waals surface area contributed by atoms with Crippen molar-refractivity contribution in [1.29, 1.82) is 0 Å². The number of nitrogens with zero attached hydrogens (tertiary/aromatic N) is 2. The maximum Gasteiger partial charge on any atom is 0.307 e. The van der Waals surface area contributed by atoms with E-state index >= 15 is 0 Å². The fraction of sp³-hybridized carbons (Fsp3) is 0.393. The van der Waals surface area contributed by atoms with Gasteiger partial charge in [-0.1, -0.05) is 6.07 Å². The molecule has 0 radical (unpaired) electrons. The number of carboxylic acid groups (broad SMARTS) is 1. The van der Waals surface area contributed by atoms with Crippen molar-refractivity contribution in [2.75, 3.05) is 6.61 Å². The van der Waals surface area contributed by atoms with Gasteiger partial charge in [0.2, 0.25) is 11.8 Å². The van der Waals surface area contributed by atoms with Gasteiger partial charge in [0.1, 0.15) is 12.4 Å². The van der Waals surface area contributed by atoms with Crippen LogP contribution in [-0.4, -0.2) is 38.4 Å². The molecule has 0 bridgehead atoms. The average Bonchev–Trinajstić information content (AvgIpc) is 3.40. The lowest BCUT2D eigenvalue weighted by atomic mass is 10.0. The SMILES string of the molecule is Cc1nc(OCCC(C)(C)O)ccc1-c1ccc(F)c(COc2cc3c(cn2)[C@H]2[C@@H](C3)[C@@H]2C(=O)O)c1. The number of aromatic nitrogens is 2. The zero-order chi connectivity index (χ0) is 25.6. The van der Waals surface area contributed by atoms with Crippen molar-refractivity contribution in [3.63, 3.8) is 0 Å². The summed E-state index contributed by atoms with van der Waals surface area (Å²) in [5.74, 6) is -0.332. The van der Waals surface area contributed by atoms with Gasteiger partial charge in [-0.05, 0) is 68.0 Å². The van der Waals surface area contributed by atoms with E-state index < -0.39 is 11.6 Å². The fourth-order valence-corrected chi connectivity index (χ4v) is 5.02. The fourth-order valence-electron chi connectivity index (χ4n) is 5.02. The van der Waals surface area contributed by atoms with Crippen LogP contribution >= 0.6 is 0 Å². The lowest BCUT2D eigenvalue weighted by molar-refractivity contribution is -0.139. The van der Waals surface area contributed by atoms with E-state index in [1.807, 2.05) is 19.1 Å². The Kier molecular flexibility index (Phi) is 6.16. The number of carboxylic acids is 1. The Labute approximate surface area is 208 Å². The first-order valence-corrected chi connectivity index (χ1v) is 12.1. The normalized spacial score (nSPS) is 20.0. The highest BCUT2D eigenvalue weighted by molar-refractivity contribution is 5.77. The van der Waals surface area contributed by atoms with Gasteiger partial charge in [-0.3, -0.25) is 4.79 Å². The van der Waals surface area contributed by atoms with E-state index in [0.717, 1.165) is 27.9 Å². The van der Waals surface area contributed by atoms with Crippen LogP contribution in [0.4, 0.5) is 4.39 Å². The third kappa shape index (κ3) is 4.91. The number of pyridine rings is 2. The zero-order valence-corrected chi connectivity index (χ0v) is 20.5. The molecule has 8 heteroatoms. The van der Waals surface area contributed by atoms with Crippen LogP contribution in [0.3, 0.4) is 0 Å². The molecule has 3 atom stereocenters. The van der Waals surface area contributed by atoms with Crippen LogP contribution in [0.1, 0.15) is 48.6 Å². The summed E-state index contributed by atoms with van der Waals surface area (Å²) in [5, 5.41) is 19.1. The van der Waals surface area contributed by atoms with Crippen molar-refractivity contribution in [2.45, 2.75) is 51.7 Å². The van der Waals surface area contributed by atoms with E-state index in [1.165, 1.54) is 6.07 Å². The summed E-state index contributed by atoms with van der Waals surface area (Å²) < 4.78 is 26.0. The van der Waals surface area contributed by atoms with E-state index in [4.69, 9.17) is 9.47 Å². The van der Waals surface area contributed by atoms with Gasteiger partial charge in [0.25, 0.3) is 0 Å². The number of benzene rings is 1. The van der Waals surface area contributed by atoms with Crippen LogP contribution in [-0.2, 0) is 17.8 Å². The number of halogens is 1. The summed E-state index contributed by atoms with van der Waals surface area (Å²) in [5.41, 5.74) is 4.05. The Morgan fingerprint density at radius 3 is 2.69 bits per heavy atom. The minimum atomic E-state index is -0.805. The second-order valence-electron chi connectivity index (χ2n) is 10.3. The lowest BCUT2D eigenvalue weighted by Gasteiger charge is -2.17. The van der Waals surface area contributed by atoms with Gasteiger partial charge in [0, 0.05) is 47.5 Å². The lowest BCUT2D eigenvalue weighted by Crippen LogP contribution is -2.22. The number of aliphatic carboxylic acids is 1. The number of aliphatic hydroxyl groups is 1. The number of hydrogen-bond donors (Lipinski definition) is 2. The van der Waals surface area contributed by atoms with Gasteiger partial charge in [-0.25, -0.2) is 14.4 Å². The molecule has 3 aromatic rings. The van der Waals surface area contributed by atoms with Crippen molar-refractivity contribution >= 4 is 5.97 Å². The van der Waals surface area contributed by atoms with E-state index in [-0.39, 0.29) is 30.2 Å². The zero-order valence-electron chi connectivity index (χ0n) is 20.5. The minimum absolute atomic E-state index is 0.0146. The van der Waals surface area contributed by atoms with Crippen molar-refractivity contribution in [3.05, 3.63) is 70.8 Å². The smallest absolute Gasteiger partial charge is 0.307 e. The Bertz CT molecular complexity index is 1320. The quantitative estimate of drug-likeness (QED) is 0.447. The first-order chi connectivity index (χ1) is 17.1. The molecule has 2 N–H and O–H groups in total. The Balaban J connectivity index is 1.25. The topological polar surface area (TPSA) is 102 Å². The highest BCUT2D eigenvalue weighted by Gasteiger charge is 2.59. The van der Waals surface area contributed by atoms with Gasteiger partial charge in [-0.15, -0.1) is 0 Å². The molecule has 0 spiro atoms. The number of hydrogen-bond acceptors (Lipinski definition) is 6. The van der Waals surface area contributed by atoms with Crippen LogP contribution in [0.15, 0.2) is 42.6 Å². The number of fused-ring (bicyclic) bond motifs is 3. The van der Waals surface area contributed by atoms with Crippen molar-refractivity contribution in [3.8, 4) is 22.9 Å². The first-order valence-electron chi connectivity index (χ1n) is 12.1. The summed E-state index contributed by atoms with van der Waals surface area (Å²) in [6.07, 6.45) is 2.90. The molecule has 0 saturated heterocycles. The second kappa shape index (κ2) is 9.17. The van der Waals surface area contributed by atoms with Gasteiger partial charge < -0.3 is 19.7 Å². The maximum absolute atomic E-state index is 14.6. The molecule has 2 aromatic heterocycles. The molecule has 2 aliphatic carbocycles. The Hall–Kier alpha value is -3.52. The first kappa shape index (κ1) is 24.2. The van der Waals surface area contributed by atoms with Crippen LogP contribution in [0, 0.1) is 24.6 Å². The van der Waals surface area contributed by atoms with E-state index in [9.17, 15) is 19.4 Å². The largest absolute Gasteiger partial charge is 0.481 e. The van der Waals surface area contributed by atoms with Crippen molar-refractivity contribution < 1.29 is 28.9 Å². The predicted molar refractivity (Wildman–Crippen MR) is 130 cm³/mol. The molecule has 2 aliphatic rings. The molecule has 2 heterocycles. The summed E-state index contributed by atoms with van der Waals surface area (Å²) in [6, 6.07) is 10.4. The standard InChI is InChI=1S/C28H29FN2O5/c1-15-19(5-7-23(31-15)35-9-8-28(2,3)34)16-4-6-22(29)18(10-16)14-36-24-12-17-11-20-25(21(17)13-30-24)26(20)27(32)33/h4-7,10,12-13,20,25-26,34H,8-9,11,14H2,1-3H3,(H,32,33)/t20-,25-,26+/m1/s1. The predicted octanol–water partition coefficient (Wildman–Crippen LogP) is 4.68. The molecule has 1 saturated carbocycles. The minimum Gasteiger partial charge on any atom is -0.481 e. The van der Waals surface area contributed by atoms with Crippen LogP contribution in [0.2, 0.25) is 0 Å². The van der Waals surface area contributed by atoms with E-state index in [1.54, 1.807) is 38.2 Å². The van der Waals surface area contributed by atoms with Crippen LogP contribution < -0.4 is 9.47 Å². The van der Waals surface area contributed by atoms with Gasteiger partial charge >= 0.3 is 5.97 Å². The number of ether oxygens (including phenoxy) is 2. The molecule has 0 amide bonds. The average molecular weight is 493 g/mol. The molecule has 1 aromatic carbocycles. The number of aryl methyl sites for hydroxylation is 1. The van der Waals surface area contributed by atoms with Crippen molar-refractivity contribution in [2.24, 2.45) is 11.8 Å². The van der Waals surface area contributed by atoms with E-state index in [2.05, 4.69) is 9.97 Å². The highest BCUT2D eigenvalue weighted by Crippen LogP contribution is 2.61. The van der Waals surface area contributed by atoms with Crippen LogP contribution in [0.25, 0.3) is 11.1 Å². The molecule has 1 fully saturated rings. The Morgan fingerprint density at radius 2 is 1.97 bits per heavy atom. The number of carbonyl (C=O) groups is 1. The molecular weight excluding hydrogens is 463 g/mol. The molecule has 7 nitrogen and oxygen atoms in total. The third-order valence-corrected chi connectivity index (χ3v) is 7.02. The molecule has 0 unspecified atom stereocenters.